The molecule has 0 bridgehead atoms. The van der Waals surface area contributed by atoms with Gasteiger partial charge >= 0.3 is 0 Å². The molecular weight excluding hydrogens is 330 g/mol. The second-order valence-corrected chi connectivity index (χ2v) is 5.94. The van der Waals surface area contributed by atoms with Gasteiger partial charge in [-0.2, -0.15) is 0 Å². The summed E-state index contributed by atoms with van der Waals surface area (Å²) in [5.74, 6) is -1.03. The van der Waals surface area contributed by atoms with Crippen LogP contribution in [0.25, 0.3) is 11.1 Å². The summed E-state index contributed by atoms with van der Waals surface area (Å²) in [6.07, 6.45) is 0.995. The Kier molecular flexibility index (Phi) is 7.32. The molecule has 26 heavy (non-hydrogen) atoms. The van der Waals surface area contributed by atoms with Gasteiger partial charge in [0.2, 0.25) is 0 Å². The van der Waals surface area contributed by atoms with Crippen LogP contribution in [-0.4, -0.2) is 36.2 Å². The van der Waals surface area contributed by atoms with Gasteiger partial charge in [-0.25, -0.2) is 5.48 Å². The Bertz CT molecular complexity index is 727. The third-order valence-corrected chi connectivity index (χ3v) is 4.17. The predicted octanol–water partition coefficient (Wildman–Crippen LogP) is 2.13. The van der Waals surface area contributed by atoms with E-state index in [0.29, 0.717) is 12.1 Å². The van der Waals surface area contributed by atoms with Gasteiger partial charge in [-0.1, -0.05) is 50.2 Å². The van der Waals surface area contributed by atoms with Crippen LogP contribution in [0.4, 0.5) is 0 Å². The average molecular weight is 355 g/mol. The van der Waals surface area contributed by atoms with Crippen LogP contribution in [0.2, 0.25) is 0 Å². The molecule has 0 aliphatic rings. The first-order valence-corrected chi connectivity index (χ1v) is 8.74. The Labute approximate surface area is 153 Å². The van der Waals surface area contributed by atoms with E-state index in [9.17, 15) is 9.59 Å². The molecule has 0 spiro atoms. The number of hydrogen-bond donors (Lipinski definition) is 4. The van der Waals surface area contributed by atoms with E-state index in [0.717, 1.165) is 17.5 Å². The molecule has 0 aliphatic carbocycles. The molecule has 0 saturated heterocycles. The number of nitrogens with one attached hydrogen (secondary N) is 3. The van der Waals surface area contributed by atoms with E-state index in [1.165, 1.54) is 5.56 Å². The molecule has 138 valence electrons. The molecule has 0 unspecified atom stereocenters. The van der Waals surface area contributed by atoms with Crippen LogP contribution in [0.15, 0.2) is 48.5 Å². The van der Waals surface area contributed by atoms with Crippen LogP contribution in [-0.2, 0) is 11.2 Å². The van der Waals surface area contributed by atoms with Gasteiger partial charge in [0.15, 0.2) is 0 Å². The summed E-state index contributed by atoms with van der Waals surface area (Å²) in [6, 6.07) is 14.7. The van der Waals surface area contributed by atoms with Crippen molar-refractivity contribution in [3.8, 4) is 11.1 Å². The third-order valence-electron chi connectivity index (χ3n) is 4.17. The van der Waals surface area contributed by atoms with E-state index in [4.69, 9.17) is 5.21 Å². The van der Waals surface area contributed by atoms with Gasteiger partial charge < -0.3 is 10.6 Å². The number of benzene rings is 2. The van der Waals surface area contributed by atoms with Crippen LogP contribution in [0.5, 0.6) is 0 Å². The molecule has 2 aromatic rings. The first kappa shape index (κ1) is 19.6. The molecule has 2 rings (SSSR count). The highest BCUT2D eigenvalue weighted by Gasteiger charge is 2.20. The average Bonchev–Trinajstić information content (AvgIpc) is 2.70. The van der Waals surface area contributed by atoms with Gasteiger partial charge in [0.1, 0.15) is 6.04 Å². The minimum absolute atomic E-state index is 0.233. The van der Waals surface area contributed by atoms with Gasteiger partial charge in [0.05, 0.1) is 0 Å². The first-order chi connectivity index (χ1) is 12.6. The van der Waals surface area contributed by atoms with Gasteiger partial charge in [-0.05, 0) is 41.8 Å². The summed E-state index contributed by atoms with van der Waals surface area (Å²) in [5, 5.41) is 14.4. The lowest BCUT2D eigenvalue weighted by molar-refractivity contribution is -0.131. The number of rotatable bonds is 8. The molecule has 0 heterocycles. The second kappa shape index (κ2) is 9.70. The minimum atomic E-state index is -0.853. The molecule has 0 saturated carbocycles. The molecule has 2 aromatic carbocycles. The normalized spacial score (nSPS) is 11.7. The molecule has 4 N–H and O–H groups in total. The number of hydroxylamine groups is 1. The lowest BCUT2D eigenvalue weighted by Crippen LogP contribution is -2.51. The lowest BCUT2D eigenvalue weighted by Gasteiger charge is -2.17. The number of amides is 2. The number of carbonyl (C=O) groups excluding carboxylic acids is 2. The molecule has 0 fully saturated rings. The number of carbonyl (C=O) groups is 2. The highest BCUT2D eigenvalue weighted by Crippen LogP contribution is 2.20. The van der Waals surface area contributed by atoms with Crippen molar-refractivity contribution >= 4 is 11.8 Å². The van der Waals surface area contributed by atoms with E-state index in [-0.39, 0.29) is 12.5 Å². The van der Waals surface area contributed by atoms with Crippen LogP contribution < -0.4 is 16.1 Å². The summed E-state index contributed by atoms with van der Waals surface area (Å²) in [6.45, 7) is 4.89. The van der Waals surface area contributed by atoms with Gasteiger partial charge in [-0.15, -0.1) is 0 Å². The van der Waals surface area contributed by atoms with Crippen molar-refractivity contribution < 1.29 is 14.8 Å². The minimum Gasteiger partial charge on any atom is -0.339 e. The topological polar surface area (TPSA) is 90.5 Å². The molecule has 1 atom stereocenters. The molecular formula is C20H25N3O3. The van der Waals surface area contributed by atoms with Gasteiger partial charge in [0.25, 0.3) is 11.8 Å². The maximum atomic E-state index is 12.4. The highest BCUT2D eigenvalue weighted by molar-refractivity contribution is 5.97. The summed E-state index contributed by atoms with van der Waals surface area (Å²) in [4.78, 5) is 24.0. The molecule has 0 aromatic heterocycles. The summed E-state index contributed by atoms with van der Waals surface area (Å²) in [5.41, 5.74) is 5.40. The quantitative estimate of drug-likeness (QED) is 0.431. The smallest absolute Gasteiger partial charge is 0.267 e. The Morgan fingerprint density at radius 3 is 2.04 bits per heavy atom. The van der Waals surface area contributed by atoms with E-state index in [1.807, 2.05) is 19.1 Å². The first-order valence-electron chi connectivity index (χ1n) is 8.74. The van der Waals surface area contributed by atoms with E-state index in [1.54, 1.807) is 17.6 Å². The van der Waals surface area contributed by atoms with Crippen LogP contribution >= 0.6 is 0 Å². The van der Waals surface area contributed by atoms with Crippen molar-refractivity contribution in [1.29, 1.82) is 0 Å². The molecule has 6 nitrogen and oxygen atoms in total. The summed E-state index contributed by atoms with van der Waals surface area (Å²) in [7, 11) is 0. The van der Waals surface area contributed by atoms with Crippen LogP contribution in [0.1, 0.15) is 29.8 Å². The SMILES string of the molecule is CCNC[C@H](NC(=O)c1ccc(-c2ccc(CC)cc2)cc1)C(=O)NO. The number of hydrogen-bond acceptors (Lipinski definition) is 4. The Balaban J connectivity index is 2.08. The fourth-order valence-corrected chi connectivity index (χ4v) is 2.56. The lowest BCUT2D eigenvalue weighted by atomic mass is 10.0. The molecule has 6 heteroatoms. The maximum absolute atomic E-state index is 12.4. The fraction of sp³-hybridized carbons (Fsp3) is 0.300. The van der Waals surface area contributed by atoms with Crippen molar-refractivity contribution in [2.75, 3.05) is 13.1 Å². The van der Waals surface area contributed by atoms with Gasteiger partial charge in [0, 0.05) is 12.1 Å². The zero-order valence-electron chi connectivity index (χ0n) is 15.1. The van der Waals surface area contributed by atoms with E-state index in [2.05, 4.69) is 41.8 Å². The highest BCUT2D eigenvalue weighted by atomic mass is 16.5. The predicted molar refractivity (Wildman–Crippen MR) is 101 cm³/mol. The third kappa shape index (κ3) is 5.15. The van der Waals surface area contributed by atoms with Crippen molar-refractivity contribution in [1.82, 2.24) is 16.1 Å². The zero-order valence-corrected chi connectivity index (χ0v) is 15.1. The standard InChI is InChI=1S/C20H25N3O3/c1-3-14-5-7-15(8-6-14)16-9-11-17(12-10-16)19(24)22-18(13-21-4-2)20(25)23-26/h5-12,18,21,26H,3-4,13H2,1-2H3,(H,22,24)(H,23,25)/t18-/m0/s1. The van der Waals surface area contributed by atoms with Crippen molar-refractivity contribution in [2.24, 2.45) is 0 Å². The number of likely N-dealkylation sites (N-methyl/N-ethyl adjacent to an activating group) is 1. The van der Waals surface area contributed by atoms with E-state index < -0.39 is 11.9 Å². The maximum Gasteiger partial charge on any atom is 0.267 e. The summed E-state index contributed by atoms with van der Waals surface area (Å²) >= 11 is 0. The Morgan fingerprint density at radius 1 is 0.962 bits per heavy atom. The second-order valence-electron chi connectivity index (χ2n) is 5.94. The largest absolute Gasteiger partial charge is 0.339 e. The molecule has 0 radical (unpaired) electrons. The van der Waals surface area contributed by atoms with Crippen molar-refractivity contribution in [3.05, 3.63) is 59.7 Å². The van der Waals surface area contributed by atoms with Crippen LogP contribution in [0.3, 0.4) is 0 Å². The summed E-state index contributed by atoms with van der Waals surface area (Å²) < 4.78 is 0. The zero-order chi connectivity index (χ0) is 18.9. The number of aryl methyl sites for hydroxylation is 1. The Hall–Kier alpha value is -2.70. The Morgan fingerprint density at radius 2 is 1.54 bits per heavy atom. The monoisotopic (exact) mass is 355 g/mol. The molecule has 0 aliphatic heterocycles. The van der Waals surface area contributed by atoms with E-state index >= 15 is 0 Å². The van der Waals surface area contributed by atoms with Crippen molar-refractivity contribution in [3.63, 3.8) is 0 Å². The van der Waals surface area contributed by atoms with Crippen molar-refractivity contribution in [2.45, 2.75) is 26.3 Å². The molecule has 2 amide bonds. The van der Waals surface area contributed by atoms with Crippen LogP contribution in [0, 0.1) is 0 Å². The fourth-order valence-electron chi connectivity index (χ4n) is 2.56. The van der Waals surface area contributed by atoms with Gasteiger partial charge in [-0.3, -0.25) is 14.8 Å².